The van der Waals surface area contributed by atoms with Crippen LogP contribution in [0.15, 0.2) is 72.3 Å². The van der Waals surface area contributed by atoms with Crippen LogP contribution in [0.25, 0.3) is 5.57 Å². The van der Waals surface area contributed by atoms with Crippen LogP contribution in [0.2, 0.25) is 0 Å². The van der Waals surface area contributed by atoms with Gasteiger partial charge in [-0.3, -0.25) is 0 Å². The maximum atomic E-state index is 12.6. The third kappa shape index (κ3) is 4.51. The topological polar surface area (TPSA) is 74.2 Å². The molecule has 1 aliphatic heterocycles. The Bertz CT molecular complexity index is 1180. The van der Waals surface area contributed by atoms with Crippen LogP contribution in [0.3, 0.4) is 0 Å². The monoisotopic (exact) mass is 446 g/mol. The normalized spacial score (nSPS) is 15.0. The van der Waals surface area contributed by atoms with Gasteiger partial charge in [-0.1, -0.05) is 24.3 Å². The summed E-state index contributed by atoms with van der Waals surface area (Å²) in [6, 6.07) is 20.1. The number of benzene rings is 3. The van der Waals surface area contributed by atoms with Gasteiger partial charge < -0.3 is 24.1 Å². The van der Waals surface area contributed by atoms with Gasteiger partial charge in [-0.05, 0) is 67.4 Å². The summed E-state index contributed by atoms with van der Waals surface area (Å²) in [5, 5.41) is 10.3. The molecule has 0 amide bonds. The molecule has 1 heterocycles. The maximum Gasteiger partial charge on any atom is 0.336 e. The van der Waals surface area contributed by atoms with Gasteiger partial charge in [0.05, 0.1) is 25.9 Å². The Balaban J connectivity index is 1.94. The van der Waals surface area contributed by atoms with Crippen LogP contribution in [0, 0.1) is 0 Å². The highest BCUT2D eigenvalue weighted by Crippen LogP contribution is 2.46. The van der Waals surface area contributed by atoms with Crippen LogP contribution >= 0.6 is 0 Å². The molecule has 1 unspecified atom stereocenters. The Hall–Kier alpha value is -3.93. The molecule has 4 rings (SSSR count). The second-order valence-corrected chi connectivity index (χ2v) is 7.92. The lowest BCUT2D eigenvalue weighted by atomic mass is 9.85. The molecule has 0 spiro atoms. The zero-order chi connectivity index (χ0) is 23.5. The molecule has 6 nitrogen and oxygen atoms in total. The van der Waals surface area contributed by atoms with Crippen molar-refractivity contribution >= 4 is 11.5 Å². The number of carbonyl (C=O) groups is 1. The third-order valence-corrected chi connectivity index (χ3v) is 5.40. The van der Waals surface area contributed by atoms with Crippen LogP contribution < -0.4 is 18.9 Å². The van der Waals surface area contributed by atoms with E-state index in [1.54, 1.807) is 26.4 Å². The van der Waals surface area contributed by atoms with Gasteiger partial charge in [0.15, 0.2) is 6.10 Å². The molecule has 6 heteroatoms. The SMILES string of the molecule is COc1ccc(C2=C(C(=O)O)C(c3ccc(OC)cc3)Oc3ccc(OC(C)C)cc32)cc1. The second kappa shape index (κ2) is 9.28. The number of hydrogen-bond donors (Lipinski definition) is 1. The average molecular weight is 446 g/mol. The number of aliphatic carboxylic acids is 1. The van der Waals surface area contributed by atoms with Crippen molar-refractivity contribution in [3.05, 3.63) is 89.0 Å². The molecular weight excluding hydrogens is 420 g/mol. The Morgan fingerprint density at radius 3 is 2.00 bits per heavy atom. The van der Waals surface area contributed by atoms with E-state index >= 15 is 0 Å². The van der Waals surface area contributed by atoms with Crippen LogP contribution in [-0.4, -0.2) is 31.4 Å². The van der Waals surface area contributed by atoms with E-state index in [2.05, 4.69) is 0 Å². The molecule has 0 saturated carbocycles. The highest BCUT2D eigenvalue weighted by atomic mass is 16.5. The van der Waals surface area contributed by atoms with Gasteiger partial charge in [0.2, 0.25) is 0 Å². The van der Waals surface area contributed by atoms with Crippen molar-refractivity contribution in [1.29, 1.82) is 0 Å². The fourth-order valence-electron chi connectivity index (χ4n) is 3.92. The van der Waals surface area contributed by atoms with Crippen LogP contribution in [-0.2, 0) is 4.79 Å². The summed E-state index contributed by atoms with van der Waals surface area (Å²) in [4.78, 5) is 12.6. The van der Waals surface area contributed by atoms with Crippen molar-refractivity contribution in [3.8, 4) is 23.0 Å². The fraction of sp³-hybridized carbons (Fsp3) is 0.222. The lowest BCUT2D eigenvalue weighted by molar-refractivity contribution is -0.133. The predicted octanol–water partition coefficient (Wildman–Crippen LogP) is 5.51. The Kier molecular flexibility index (Phi) is 6.27. The standard InChI is InChI=1S/C27H26O6/c1-16(2)32-21-13-14-23-22(15-21)24(17-5-9-19(30-3)10-6-17)25(27(28)29)26(33-23)18-7-11-20(31-4)12-8-18/h5-16,26H,1-4H3,(H,28,29). The number of fused-ring (bicyclic) bond motifs is 1. The van der Waals surface area contributed by atoms with Crippen molar-refractivity contribution in [2.24, 2.45) is 0 Å². The van der Waals surface area contributed by atoms with E-state index in [0.717, 1.165) is 5.56 Å². The quantitative estimate of drug-likeness (QED) is 0.516. The average Bonchev–Trinajstić information content (AvgIpc) is 2.82. The summed E-state index contributed by atoms with van der Waals surface area (Å²) in [5.41, 5.74) is 2.87. The highest BCUT2D eigenvalue weighted by Gasteiger charge is 2.35. The number of hydrogen-bond acceptors (Lipinski definition) is 5. The molecule has 0 aliphatic carbocycles. The maximum absolute atomic E-state index is 12.6. The molecule has 3 aromatic carbocycles. The van der Waals surface area contributed by atoms with E-state index in [1.165, 1.54) is 0 Å². The Morgan fingerprint density at radius 1 is 0.879 bits per heavy atom. The fourth-order valence-corrected chi connectivity index (χ4v) is 3.92. The number of carboxylic acids is 1. The second-order valence-electron chi connectivity index (χ2n) is 7.92. The molecule has 0 bridgehead atoms. The zero-order valence-corrected chi connectivity index (χ0v) is 19.0. The van der Waals surface area contributed by atoms with Gasteiger partial charge in [-0.15, -0.1) is 0 Å². The van der Waals surface area contributed by atoms with Gasteiger partial charge >= 0.3 is 5.97 Å². The largest absolute Gasteiger partial charge is 0.497 e. The van der Waals surface area contributed by atoms with Crippen molar-refractivity contribution in [2.75, 3.05) is 14.2 Å². The van der Waals surface area contributed by atoms with Crippen LogP contribution in [0.1, 0.15) is 36.6 Å². The molecule has 0 fully saturated rings. The van der Waals surface area contributed by atoms with Crippen molar-refractivity contribution in [1.82, 2.24) is 0 Å². The van der Waals surface area contributed by atoms with Crippen LogP contribution in [0.5, 0.6) is 23.0 Å². The first-order valence-electron chi connectivity index (χ1n) is 10.6. The minimum atomic E-state index is -1.05. The van der Waals surface area contributed by atoms with Crippen molar-refractivity contribution in [3.63, 3.8) is 0 Å². The van der Waals surface area contributed by atoms with Gasteiger partial charge in [0.1, 0.15) is 23.0 Å². The molecule has 1 atom stereocenters. The van der Waals surface area contributed by atoms with Gasteiger partial charge in [0, 0.05) is 11.1 Å². The number of carboxylic acid groups (broad SMARTS) is 1. The molecular formula is C27H26O6. The zero-order valence-electron chi connectivity index (χ0n) is 19.0. The summed E-state index contributed by atoms with van der Waals surface area (Å²) in [7, 11) is 3.18. The molecule has 3 aromatic rings. The number of ether oxygens (including phenoxy) is 4. The molecule has 33 heavy (non-hydrogen) atoms. The lowest BCUT2D eigenvalue weighted by Gasteiger charge is -2.30. The summed E-state index contributed by atoms with van der Waals surface area (Å²) < 4.78 is 22.7. The highest BCUT2D eigenvalue weighted by molar-refractivity contribution is 6.04. The van der Waals surface area contributed by atoms with E-state index in [-0.39, 0.29) is 11.7 Å². The first-order chi connectivity index (χ1) is 15.9. The summed E-state index contributed by atoms with van der Waals surface area (Å²) >= 11 is 0. The number of rotatable bonds is 7. The minimum Gasteiger partial charge on any atom is -0.497 e. The molecule has 0 aromatic heterocycles. The minimum absolute atomic E-state index is 0.0213. The van der Waals surface area contributed by atoms with E-state index in [0.29, 0.717) is 39.7 Å². The Morgan fingerprint density at radius 2 is 1.45 bits per heavy atom. The first kappa shape index (κ1) is 22.3. The Labute approximate surface area is 193 Å². The molecule has 1 aliphatic rings. The molecule has 170 valence electrons. The van der Waals surface area contributed by atoms with Crippen LogP contribution in [0.4, 0.5) is 0 Å². The van der Waals surface area contributed by atoms with Gasteiger partial charge in [-0.2, -0.15) is 0 Å². The van der Waals surface area contributed by atoms with Crippen molar-refractivity contribution in [2.45, 2.75) is 26.1 Å². The van der Waals surface area contributed by atoms with Gasteiger partial charge in [-0.25, -0.2) is 4.79 Å². The van der Waals surface area contributed by atoms with Gasteiger partial charge in [0.25, 0.3) is 0 Å². The molecule has 0 radical (unpaired) electrons. The summed E-state index contributed by atoms with van der Waals surface area (Å²) in [6.45, 7) is 3.89. The van der Waals surface area contributed by atoms with E-state index in [1.807, 2.05) is 68.4 Å². The van der Waals surface area contributed by atoms with Crippen molar-refractivity contribution < 1.29 is 28.8 Å². The number of methoxy groups -OCH3 is 2. The van der Waals surface area contributed by atoms with E-state index < -0.39 is 12.1 Å². The molecule has 0 saturated heterocycles. The predicted molar refractivity (Wildman–Crippen MR) is 125 cm³/mol. The summed E-state index contributed by atoms with van der Waals surface area (Å²) in [6.07, 6.45) is -0.818. The third-order valence-electron chi connectivity index (χ3n) is 5.40. The first-order valence-corrected chi connectivity index (χ1v) is 10.6. The molecule has 1 N–H and O–H groups in total. The van der Waals surface area contributed by atoms with E-state index in [9.17, 15) is 9.90 Å². The summed E-state index contributed by atoms with van der Waals surface area (Å²) in [5.74, 6) is 1.55. The smallest absolute Gasteiger partial charge is 0.336 e. The lowest BCUT2D eigenvalue weighted by Crippen LogP contribution is -2.23. The van der Waals surface area contributed by atoms with E-state index in [4.69, 9.17) is 18.9 Å².